The van der Waals surface area contributed by atoms with E-state index in [1.807, 2.05) is 18.2 Å². The lowest BCUT2D eigenvalue weighted by Crippen LogP contribution is -2.49. The fourth-order valence-corrected chi connectivity index (χ4v) is 1.98. The Morgan fingerprint density at radius 1 is 1.15 bits per heavy atom. The third-order valence-electron chi connectivity index (χ3n) is 3.20. The Morgan fingerprint density at radius 3 is 2.19 bits per heavy atom. The molecule has 0 aliphatic rings. The van der Waals surface area contributed by atoms with Crippen molar-refractivity contribution in [1.82, 2.24) is 5.32 Å². The molecule has 1 unspecified atom stereocenters. The number of rotatable bonds is 9. The minimum atomic E-state index is -1.10. The van der Waals surface area contributed by atoms with E-state index in [9.17, 15) is 14.7 Å². The van der Waals surface area contributed by atoms with Gasteiger partial charge in [0.25, 0.3) is 5.97 Å². The number of carboxylic acid groups (broad SMARTS) is 2. The predicted molar refractivity (Wildman–Crippen MR) is 101 cm³/mol. The average molecular weight is 381 g/mol. The first kappa shape index (κ1) is 23.9. The van der Waals surface area contributed by atoms with E-state index in [1.165, 1.54) is 0 Å². The number of benzene rings is 1. The van der Waals surface area contributed by atoms with Crippen LogP contribution in [0, 0.1) is 0 Å². The van der Waals surface area contributed by atoms with Crippen LogP contribution in [0.1, 0.15) is 25.3 Å². The highest BCUT2D eigenvalue weighted by Gasteiger charge is 2.23. The van der Waals surface area contributed by atoms with Gasteiger partial charge in [-0.15, -0.1) is 0 Å². The molecule has 0 aliphatic carbocycles. The molecular weight excluding hydrogens is 354 g/mol. The maximum absolute atomic E-state index is 12.0. The molecule has 1 rings (SSSR count). The Hall–Kier alpha value is -3.14. The first-order valence-electron chi connectivity index (χ1n) is 8.21. The number of amides is 1. The lowest BCUT2D eigenvalue weighted by molar-refractivity contribution is -0.142. The molecule has 1 aromatic rings. The van der Waals surface area contributed by atoms with Crippen molar-refractivity contribution < 1.29 is 24.6 Å². The molecule has 0 fully saturated rings. The number of nitrogens with zero attached hydrogens (tertiary/aromatic N) is 1. The quantitative estimate of drug-likeness (QED) is 0.183. The summed E-state index contributed by atoms with van der Waals surface area (Å²) in [6.45, 7) is 1.45. The number of carboxylic acids is 2. The van der Waals surface area contributed by atoms with Gasteiger partial charge in [-0.1, -0.05) is 30.3 Å². The van der Waals surface area contributed by atoms with Crippen molar-refractivity contribution in [3.63, 3.8) is 0 Å². The normalized spacial score (nSPS) is 11.9. The number of carbonyl (C=O) groups excluding carboxylic acids is 1. The molecule has 0 saturated carbocycles. The van der Waals surface area contributed by atoms with Gasteiger partial charge in [0.15, 0.2) is 5.96 Å². The number of aliphatic imine (C=N–C) groups is 1. The van der Waals surface area contributed by atoms with Gasteiger partial charge in [0, 0.05) is 19.9 Å². The Labute approximate surface area is 157 Å². The van der Waals surface area contributed by atoms with Gasteiger partial charge >= 0.3 is 5.97 Å². The standard InChI is InChI=1S/C15H23N5O3.C2H4O2/c16-11(7-4-8-19-15(17)18)13(21)20-12(14(22)23)9-10-5-2-1-3-6-10;1-2(3)4/h1-3,5-6,11-12H,4,7-9,16H2,(H,20,21)(H,22,23)(H4,17,18,19);1H3,(H,3,4)/t11?,12-;/m0./s1. The number of nitrogens with two attached hydrogens (primary N) is 3. The summed E-state index contributed by atoms with van der Waals surface area (Å²) < 4.78 is 0. The van der Waals surface area contributed by atoms with Gasteiger partial charge < -0.3 is 32.7 Å². The van der Waals surface area contributed by atoms with Crippen molar-refractivity contribution in [3.8, 4) is 0 Å². The summed E-state index contributed by atoms with van der Waals surface area (Å²) >= 11 is 0. The molecule has 10 nitrogen and oxygen atoms in total. The highest BCUT2D eigenvalue weighted by molar-refractivity contribution is 5.86. The Bertz CT molecular complexity index is 628. The van der Waals surface area contributed by atoms with E-state index >= 15 is 0 Å². The second-order valence-corrected chi connectivity index (χ2v) is 5.66. The molecule has 0 aromatic heterocycles. The molecule has 0 aliphatic heterocycles. The number of carbonyl (C=O) groups is 3. The summed E-state index contributed by atoms with van der Waals surface area (Å²) in [7, 11) is 0. The third-order valence-corrected chi connectivity index (χ3v) is 3.20. The predicted octanol–water partition coefficient (Wildman–Crippen LogP) is -0.730. The first-order chi connectivity index (χ1) is 12.6. The van der Waals surface area contributed by atoms with Crippen LogP contribution in [0.15, 0.2) is 35.3 Å². The maximum atomic E-state index is 12.0. The Balaban J connectivity index is 0.00000153. The van der Waals surface area contributed by atoms with Crippen LogP contribution < -0.4 is 22.5 Å². The molecule has 0 heterocycles. The summed E-state index contributed by atoms with van der Waals surface area (Å²) in [4.78, 5) is 36.1. The van der Waals surface area contributed by atoms with Crippen LogP contribution in [0.4, 0.5) is 0 Å². The molecule has 0 radical (unpaired) electrons. The molecule has 27 heavy (non-hydrogen) atoms. The van der Waals surface area contributed by atoms with Crippen LogP contribution >= 0.6 is 0 Å². The monoisotopic (exact) mass is 381 g/mol. The van der Waals surface area contributed by atoms with E-state index in [4.69, 9.17) is 27.1 Å². The lowest BCUT2D eigenvalue weighted by atomic mass is 10.0. The van der Waals surface area contributed by atoms with Crippen molar-refractivity contribution >= 4 is 23.8 Å². The first-order valence-corrected chi connectivity index (χ1v) is 8.21. The van der Waals surface area contributed by atoms with Crippen LogP contribution in [0.3, 0.4) is 0 Å². The molecule has 9 N–H and O–H groups in total. The van der Waals surface area contributed by atoms with Crippen LogP contribution in [-0.2, 0) is 20.8 Å². The molecule has 1 amide bonds. The number of hydrogen-bond donors (Lipinski definition) is 6. The van der Waals surface area contributed by atoms with Crippen molar-refractivity contribution in [1.29, 1.82) is 0 Å². The summed E-state index contributed by atoms with van der Waals surface area (Å²) in [5.74, 6) is -2.45. The molecular formula is C17H27N5O5. The summed E-state index contributed by atoms with van der Waals surface area (Å²) in [6, 6.07) is 7.24. The van der Waals surface area contributed by atoms with E-state index in [-0.39, 0.29) is 12.4 Å². The van der Waals surface area contributed by atoms with Gasteiger partial charge in [0.05, 0.1) is 6.04 Å². The van der Waals surface area contributed by atoms with Gasteiger partial charge in [0.2, 0.25) is 5.91 Å². The molecule has 0 spiro atoms. The highest BCUT2D eigenvalue weighted by atomic mass is 16.4. The van der Waals surface area contributed by atoms with Crippen LogP contribution in [0.2, 0.25) is 0 Å². The minimum absolute atomic E-state index is 0.0168. The van der Waals surface area contributed by atoms with Crippen LogP contribution in [0.5, 0.6) is 0 Å². The maximum Gasteiger partial charge on any atom is 0.326 e. The second-order valence-electron chi connectivity index (χ2n) is 5.66. The van der Waals surface area contributed by atoms with Gasteiger partial charge in [-0.2, -0.15) is 0 Å². The summed E-state index contributed by atoms with van der Waals surface area (Å²) in [5, 5.41) is 19.1. The zero-order valence-electron chi connectivity index (χ0n) is 15.2. The topological polar surface area (TPSA) is 194 Å². The van der Waals surface area contributed by atoms with Gasteiger partial charge in [-0.3, -0.25) is 14.6 Å². The Morgan fingerprint density at radius 2 is 1.70 bits per heavy atom. The van der Waals surface area contributed by atoms with Crippen molar-refractivity contribution in [2.24, 2.45) is 22.2 Å². The molecule has 0 bridgehead atoms. The van der Waals surface area contributed by atoms with E-state index in [0.717, 1.165) is 12.5 Å². The van der Waals surface area contributed by atoms with Crippen LogP contribution in [-0.4, -0.2) is 52.6 Å². The molecule has 10 heteroatoms. The smallest absolute Gasteiger partial charge is 0.326 e. The largest absolute Gasteiger partial charge is 0.481 e. The van der Waals surface area contributed by atoms with Gasteiger partial charge in [-0.25, -0.2) is 4.79 Å². The van der Waals surface area contributed by atoms with Crippen LogP contribution in [0.25, 0.3) is 0 Å². The molecule has 1 aromatic carbocycles. The summed E-state index contributed by atoms with van der Waals surface area (Å²) in [5.41, 5.74) is 17.0. The van der Waals surface area contributed by atoms with Gasteiger partial charge in [-0.05, 0) is 18.4 Å². The fraction of sp³-hybridized carbons (Fsp3) is 0.412. The SMILES string of the molecule is CC(=O)O.NC(N)=NCCCC(N)C(=O)N[C@@H](Cc1ccccc1)C(=O)O. The lowest BCUT2D eigenvalue weighted by Gasteiger charge is -2.17. The van der Waals surface area contributed by atoms with E-state index in [1.54, 1.807) is 12.1 Å². The minimum Gasteiger partial charge on any atom is -0.481 e. The van der Waals surface area contributed by atoms with Crippen molar-refractivity contribution in [2.45, 2.75) is 38.3 Å². The Kier molecular flexibility index (Phi) is 11.6. The van der Waals surface area contributed by atoms with Crippen molar-refractivity contribution in [2.75, 3.05) is 6.54 Å². The third kappa shape index (κ3) is 12.8. The number of nitrogens with one attached hydrogen (secondary N) is 1. The van der Waals surface area contributed by atoms with Gasteiger partial charge in [0.1, 0.15) is 6.04 Å². The molecule has 2 atom stereocenters. The van der Waals surface area contributed by atoms with E-state index in [2.05, 4.69) is 10.3 Å². The highest BCUT2D eigenvalue weighted by Crippen LogP contribution is 2.04. The zero-order valence-corrected chi connectivity index (χ0v) is 15.2. The molecule has 0 saturated heterocycles. The van der Waals surface area contributed by atoms with E-state index in [0.29, 0.717) is 19.4 Å². The number of aliphatic carboxylic acids is 2. The average Bonchev–Trinajstić information content (AvgIpc) is 2.58. The number of hydrogen-bond acceptors (Lipinski definition) is 5. The number of guanidine groups is 1. The summed E-state index contributed by atoms with van der Waals surface area (Å²) in [6.07, 6.45) is 1.09. The van der Waals surface area contributed by atoms with Crippen molar-refractivity contribution in [3.05, 3.63) is 35.9 Å². The molecule has 150 valence electrons. The fourth-order valence-electron chi connectivity index (χ4n) is 1.98. The van der Waals surface area contributed by atoms with E-state index < -0.39 is 29.9 Å². The zero-order chi connectivity index (χ0) is 20.8. The second kappa shape index (κ2) is 13.1.